The van der Waals surface area contributed by atoms with Crippen LogP contribution in [0.25, 0.3) is 0 Å². The van der Waals surface area contributed by atoms with E-state index in [1.54, 1.807) is 0 Å². The monoisotopic (exact) mass is 348 g/mol. The van der Waals surface area contributed by atoms with Crippen molar-refractivity contribution < 1.29 is 14.7 Å². The van der Waals surface area contributed by atoms with Crippen molar-refractivity contribution in [1.29, 1.82) is 0 Å². The lowest BCUT2D eigenvalue weighted by Crippen LogP contribution is -2.63. The lowest BCUT2D eigenvalue weighted by atomic mass is 9.74. The number of alkyl halides is 1. The molecule has 2 amide bonds. The average molecular weight is 349 g/mol. The fourth-order valence-electron chi connectivity index (χ4n) is 2.24. The molecular weight excluding hydrogens is 324 g/mol. The highest BCUT2D eigenvalue weighted by atomic mass is 79.9. The number of carbonyl (C=O) groups excluding carboxylic acids is 1. The van der Waals surface area contributed by atoms with Crippen LogP contribution in [0.15, 0.2) is 0 Å². The summed E-state index contributed by atoms with van der Waals surface area (Å²) in [7, 11) is 0. The van der Waals surface area contributed by atoms with Gasteiger partial charge in [0.1, 0.15) is 0 Å². The van der Waals surface area contributed by atoms with Gasteiger partial charge in [-0.25, -0.2) is 4.79 Å². The van der Waals surface area contributed by atoms with Gasteiger partial charge >= 0.3 is 6.09 Å². The minimum atomic E-state index is -1.05. The van der Waals surface area contributed by atoms with E-state index in [1.807, 2.05) is 32.6 Å². The molecule has 5 nitrogen and oxygen atoms in total. The van der Waals surface area contributed by atoms with E-state index in [1.165, 1.54) is 0 Å². The van der Waals surface area contributed by atoms with Gasteiger partial charge in [-0.2, -0.15) is 0 Å². The van der Waals surface area contributed by atoms with E-state index in [-0.39, 0.29) is 22.7 Å². The lowest BCUT2D eigenvalue weighted by Gasteiger charge is -2.48. The summed E-state index contributed by atoms with van der Waals surface area (Å²) in [5.41, 5.74) is -0.980. The van der Waals surface area contributed by atoms with Crippen LogP contribution in [0.5, 0.6) is 0 Å². The van der Waals surface area contributed by atoms with Gasteiger partial charge in [0.05, 0.1) is 10.9 Å². The molecule has 1 fully saturated rings. The first-order valence-electron chi connectivity index (χ1n) is 6.97. The molecule has 0 saturated heterocycles. The predicted octanol–water partition coefficient (Wildman–Crippen LogP) is 2.83. The fraction of sp³-hybridized carbons (Fsp3) is 0.857. The van der Waals surface area contributed by atoms with Crippen LogP contribution >= 0.6 is 15.9 Å². The zero-order valence-electron chi connectivity index (χ0n) is 12.7. The van der Waals surface area contributed by atoms with Gasteiger partial charge < -0.3 is 15.3 Å². The molecule has 2 N–H and O–H groups in total. The predicted molar refractivity (Wildman–Crippen MR) is 82.2 cm³/mol. The number of carbonyl (C=O) groups is 2. The second-order valence-electron chi connectivity index (χ2n) is 6.75. The van der Waals surface area contributed by atoms with E-state index < -0.39 is 11.6 Å². The Morgan fingerprint density at radius 1 is 1.30 bits per heavy atom. The molecule has 0 aromatic carbocycles. The van der Waals surface area contributed by atoms with Crippen LogP contribution in [0.1, 0.15) is 47.0 Å². The highest BCUT2D eigenvalue weighted by Crippen LogP contribution is 2.34. The molecule has 0 aliphatic heterocycles. The van der Waals surface area contributed by atoms with E-state index in [2.05, 4.69) is 21.2 Å². The molecule has 1 aliphatic carbocycles. The van der Waals surface area contributed by atoms with Gasteiger partial charge in [-0.05, 0) is 31.6 Å². The molecule has 6 heteroatoms. The summed E-state index contributed by atoms with van der Waals surface area (Å²) in [5, 5.41) is 12.0. The average Bonchev–Trinajstić information content (AvgIpc) is 2.22. The highest BCUT2D eigenvalue weighted by molar-refractivity contribution is 9.09. The molecule has 0 aromatic heterocycles. The Morgan fingerprint density at radius 2 is 1.85 bits per heavy atom. The molecule has 1 rings (SSSR count). The third-order valence-electron chi connectivity index (χ3n) is 4.47. The minimum absolute atomic E-state index is 0.0253. The van der Waals surface area contributed by atoms with Crippen molar-refractivity contribution in [3.8, 4) is 0 Å². The summed E-state index contributed by atoms with van der Waals surface area (Å²) in [6.45, 7) is 8.23. The van der Waals surface area contributed by atoms with Gasteiger partial charge in [-0.3, -0.25) is 4.79 Å². The zero-order valence-corrected chi connectivity index (χ0v) is 14.3. The zero-order chi connectivity index (χ0) is 15.6. The maximum atomic E-state index is 12.1. The summed E-state index contributed by atoms with van der Waals surface area (Å²) in [6.07, 6.45) is 2.09. The standard InChI is InChI=1S/C14H25BrN2O3/c1-13(2,3)14(4,16-12(19)20)9-17(11(18)8-15)10-6-5-7-10/h10,16H,5-9H2,1-4H3,(H,19,20). The number of halogens is 1. The quantitative estimate of drug-likeness (QED) is 0.750. The van der Waals surface area contributed by atoms with Crippen molar-refractivity contribution in [3.05, 3.63) is 0 Å². The largest absolute Gasteiger partial charge is 0.465 e. The molecule has 0 spiro atoms. The van der Waals surface area contributed by atoms with Crippen molar-refractivity contribution in [2.24, 2.45) is 5.41 Å². The van der Waals surface area contributed by atoms with Crippen molar-refractivity contribution in [1.82, 2.24) is 10.2 Å². The Hall–Kier alpha value is -0.780. The number of hydrogen-bond acceptors (Lipinski definition) is 2. The van der Waals surface area contributed by atoms with E-state index in [4.69, 9.17) is 5.11 Å². The summed E-state index contributed by atoms with van der Waals surface area (Å²) in [4.78, 5) is 25.1. The molecule has 0 heterocycles. The van der Waals surface area contributed by atoms with Crippen LogP contribution in [0.4, 0.5) is 4.79 Å². The first-order valence-corrected chi connectivity index (χ1v) is 8.09. The summed E-state index contributed by atoms with van der Waals surface area (Å²) >= 11 is 3.22. The molecule has 20 heavy (non-hydrogen) atoms. The van der Waals surface area contributed by atoms with E-state index in [0.717, 1.165) is 19.3 Å². The molecule has 1 atom stereocenters. The Kier molecular flexibility index (Phi) is 5.46. The van der Waals surface area contributed by atoms with Gasteiger partial charge in [0.15, 0.2) is 0 Å². The van der Waals surface area contributed by atoms with Gasteiger partial charge in [-0.1, -0.05) is 36.7 Å². The number of rotatable bonds is 5. The third-order valence-corrected chi connectivity index (χ3v) is 4.95. The van der Waals surface area contributed by atoms with Gasteiger partial charge in [0, 0.05) is 12.6 Å². The Balaban J connectivity index is 2.95. The normalized spacial score (nSPS) is 18.9. The molecule has 116 valence electrons. The highest BCUT2D eigenvalue weighted by Gasteiger charge is 2.43. The van der Waals surface area contributed by atoms with Crippen molar-refractivity contribution in [2.75, 3.05) is 11.9 Å². The minimum Gasteiger partial charge on any atom is -0.465 e. The number of amides is 2. The van der Waals surface area contributed by atoms with Crippen LogP contribution < -0.4 is 5.32 Å². The van der Waals surface area contributed by atoms with E-state index >= 15 is 0 Å². The topological polar surface area (TPSA) is 69.6 Å². The SMILES string of the molecule is CC(C)(C)C(C)(CN(C(=O)CBr)C1CCC1)NC(=O)O. The van der Waals surface area contributed by atoms with Gasteiger partial charge in [0.25, 0.3) is 0 Å². The Labute approximate surface area is 129 Å². The van der Waals surface area contributed by atoms with Crippen LogP contribution in [-0.4, -0.2) is 45.5 Å². The van der Waals surface area contributed by atoms with Crippen molar-refractivity contribution >= 4 is 27.9 Å². The first kappa shape index (κ1) is 17.3. The first-order chi connectivity index (χ1) is 9.10. The third kappa shape index (κ3) is 3.87. The smallest absolute Gasteiger partial charge is 0.405 e. The van der Waals surface area contributed by atoms with Gasteiger partial charge in [0.2, 0.25) is 5.91 Å². The fourth-order valence-corrected chi connectivity index (χ4v) is 2.56. The molecule has 0 aromatic rings. The van der Waals surface area contributed by atoms with Crippen LogP contribution in [-0.2, 0) is 4.79 Å². The number of nitrogens with one attached hydrogen (secondary N) is 1. The Morgan fingerprint density at radius 3 is 2.15 bits per heavy atom. The summed E-state index contributed by atoms with van der Waals surface area (Å²) in [5.74, 6) is 0.0253. The maximum absolute atomic E-state index is 12.1. The van der Waals surface area contributed by atoms with Crippen LogP contribution in [0, 0.1) is 5.41 Å². The van der Waals surface area contributed by atoms with E-state index in [9.17, 15) is 9.59 Å². The lowest BCUT2D eigenvalue weighted by molar-refractivity contribution is -0.134. The molecule has 1 saturated carbocycles. The number of nitrogens with zero attached hydrogens (tertiary/aromatic N) is 1. The Bertz CT molecular complexity index is 377. The molecule has 0 radical (unpaired) electrons. The van der Waals surface area contributed by atoms with Crippen molar-refractivity contribution in [2.45, 2.75) is 58.5 Å². The van der Waals surface area contributed by atoms with Crippen LogP contribution in [0.2, 0.25) is 0 Å². The maximum Gasteiger partial charge on any atom is 0.405 e. The molecule has 1 aliphatic rings. The second kappa shape index (κ2) is 6.33. The number of carboxylic acid groups (broad SMARTS) is 1. The van der Waals surface area contributed by atoms with E-state index in [0.29, 0.717) is 6.54 Å². The summed E-state index contributed by atoms with van der Waals surface area (Å²) < 4.78 is 0. The number of hydrogen-bond donors (Lipinski definition) is 2. The van der Waals surface area contributed by atoms with Crippen LogP contribution in [0.3, 0.4) is 0 Å². The summed E-state index contributed by atoms with van der Waals surface area (Å²) in [6, 6.07) is 0.248. The molecule has 0 bridgehead atoms. The molecular formula is C14H25BrN2O3. The van der Waals surface area contributed by atoms with Gasteiger partial charge in [-0.15, -0.1) is 0 Å². The van der Waals surface area contributed by atoms with Crippen molar-refractivity contribution in [3.63, 3.8) is 0 Å². The molecule has 1 unspecified atom stereocenters. The second-order valence-corrected chi connectivity index (χ2v) is 7.31.